The third-order valence-electron chi connectivity index (χ3n) is 2.98. The van der Waals surface area contributed by atoms with Gasteiger partial charge in [-0.05, 0) is 25.8 Å². The minimum Gasteiger partial charge on any atom is -0.432 e. The summed E-state index contributed by atoms with van der Waals surface area (Å²) in [6, 6.07) is 0.743. The summed E-state index contributed by atoms with van der Waals surface area (Å²) in [6.07, 6.45) is 5.82. The van der Waals surface area contributed by atoms with Gasteiger partial charge >= 0.3 is 0 Å². The maximum atomic E-state index is 5.42. The molecule has 1 aliphatic rings. The van der Waals surface area contributed by atoms with Crippen LogP contribution in [0.5, 0.6) is 0 Å². The Morgan fingerprint density at radius 3 is 3.00 bits per heavy atom. The molecule has 0 atom stereocenters. The minimum atomic E-state index is 0.743. The summed E-state index contributed by atoms with van der Waals surface area (Å²) in [5, 5.41) is 3.06. The van der Waals surface area contributed by atoms with Crippen molar-refractivity contribution in [2.24, 2.45) is 5.92 Å². The highest BCUT2D eigenvalue weighted by Gasteiger charge is 2.20. The van der Waals surface area contributed by atoms with Crippen LogP contribution in [0.4, 0.5) is 6.01 Å². The van der Waals surface area contributed by atoms with Gasteiger partial charge < -0.3 is 14.6 Å². The first-order chi connectivity index (χ1) is 7.29. The lowest BCUT2D eigenvalue weighted by molar-refractivity contribution is 0.316. The SMILES string of the molecule is CNCc1coc(N(C)CC2CCC2)n1. The van der Waals surface area contributed by atoms with E-state index in [-0.39, 0.29) is 0 Å². The first-order valence-electron chi connectivity index (χ1n) is 5.59. The van der Waals surface area contributed by atoms with Crippen LogP contribution in [0.15, 0.2) is 10.7 Å². The molecule has 1 fully saturated rings. The Labute approximate surface area is 90.7 Å². The molecular formula is C11H19N3O. The number of oxazole rings is 1. The van der Waals surface area contributed by atoms with E-state index in [4.69, 9.17) is 4.42 Å². The Morgan fingerprint density at radius 1 is 1.60 bits per heavy atom. The van der Waals surface area contributed by atoms with Crippen LogP contribution in [0, 0.1) is 5.92 Å². The predicted octanol–water partition coefficient (Wildman–Crippen LogP) is 1.63. The third-order valence-corrected chi connectivity index (χ3v) is 2.98. The number of nitrogens with one attached hydrogen (secondary N) is 1. The molecule has 84 valence electrons. The summed E-state index contributed by atoms with van der Waals surface area (Å²) >= 11 is 0. The molecule has 2 rings (SSSR count). The summed E-state index contributed by atoms with van der Waals surface area (Å²) in [6.45, 7) is 1.83. The van der Waals surface area contributed by atoms with Gasteiger partial charge in [0.1, 0.15) is 6.26 Å². The number of aromatic nitrogens is 1. The molecule has 4 heteroatoms. The molecule has 1 aromatic heterocycles. The van der Waals surface area contributed by atoms with Crippen LogP contribution < -0.4 is 10.2 Å². The van der Waals surface area contributed by atoms with Gasteiger partial charge in [0.25, 0.3) is 6.01 Å². The van der Waals surface area contributed by atoms with E-state index in [0.717, 1.165) is 30.7 Å². The third kappa shape index (κ3) is 2.50. The molecule has 1 heterocycles. The second-order valence-electron chi connectivity index (χ2n) is 4.33. The highest BCUT2D eigenvalue weighted by Crippen LogP contribution is 2.28. The molecule has 0 aliphatic heterocycles. The molecule has 0 bridgehead atoms. The van der Waals surface area contributed by atoms with E-state index in [9.17, 15) is 0 Å². The number of nitrogens with zero attached hydrogens (tertiary/aromatic N) is 2. The molecule has 0 aromatic carbocycles. The Kier molecular flexibility index (Phi) is 3.26. The Balaban J connectivity index is 1.89. The second kappa shape index (κ2) is 4.66. The van der Waals surface area contributed by atoms with Crippen LogP contribution in [-0.4, -0.2) is 25.6 Å². The van der Waals surface area contributed by atoms with Crippen molar-refractivity contribution < 1.29 is 4.42 Å². The minimum absolute atomic E-state index is 0.743. The average molecular weight is 209 g/mol. The fraction of sp³-hybridized carbons (Fsp3) is 0.727. The zero-order valence-corrected chi connectivity index (χ0v) is 9.49. The molecule has 0 spiro atoms. The van der Waals surface area contributed by atoms with Gasteiger partial charge in [-0.15, -0.1) is 0 Å². The number of anilines is 1. The van der Waals surface area contributed by atoms with E-state index in [1.807, 2.05) is 14.1 Å². The van der Waals surface area contributed by atoms with E-state index >= 15 is 0 Å². The zero-order chi connectivity index (χ0) is 10.7. The van der Waals surface area contributed by atoms with Crippen LogP contribution in [0.3, 0.4) is 0 Å². The Hall–Kier alpha value is -1.03. The normalized spacial score (nSPS) is 16.4. The van der Waals surface area contributed by atoms with E-state index in [1.165, 1.54) is 19.3 Å². The van der Waals surface area contributed by atoms with Crippen molar-refractivity contribution in [2.45, 2.75) is 25.8 Å². The first kappa shape index (κ1) is 10.5. The topological polar surface area (TPSA) is 41.3 Å². The highest BCUT2D eigenvalue weighted by atomic mass is 16.4. The summed E-state index contributed by atoms with van der Waals surface area (Å²) in [4.78, 5) is 6.52. The van der Waals surface area contributed by atoms with Gasteiger partial charge in [0, 0.05) is 20.1 Å². The van der Waals surface area contributed by atoms with Gasteiger partial charge in [-0.2, -0.15) is 4.98 Å². The zero-order valence-electron chi connectivity index (χ0n) is 9.49. The van der Waals surface area contributed by atoms with Gasteiger partial charge in [0.15, 0.2) is 0 Å². The number of rotatable bonds is 5. The summed E-state index contributed by atoms with van der Waals surface area (Å²) < 4.78 is 5.42. The van der Waals surface area contributed by atoms with Gasteiger partial charge in [0.05, 0.1) is 5.69 Å². The van der Waals surface area contributed by atoms with Crippen molar-refractivity contribution in [1.29, 1.82) is 0 Å². The van der Waals surface area contributed by atoms with E-state index in [0.29, 0.717) is 0 Å². The highest BCUT2D eigenvalue weighted by molar-refractivity contribution is 5.25. The lowest BCUT2D eigenvalue weighted by atomic mass is 9.85. The molecule has 15 heavy (non-hydrogen) atoms. The first-order valence-corrected chi connectivity index (χ1v) is 5.59. The quantitative estimate of drug-likeness (QED) is 0.800. The summed E-state index contributed by atoms with van der Waals surface area (Å²) in [5.41, 5.74) is 0.966. The number of hydrogen-bond donors (Lipinski definition) is 1. The van der Waals surface area contributed by atoms with Crippen LogP contribution in [-0.2, 0) is 6.54 Å². The molecular weight excluding hydrogens is 190 g/mol. The van der Waals surface area contributed by atoms with Gasteiger partial charge in [0.2, 0.25) is 0 Å². The van der Waals surface area contributed by atoms with Gasteiger partial charge in [-0.1, -0.05) is 6.42 Å². The summed E-state index contributed by atoms with van der Waals surface area (Å²) in [5.74, 6) is 0.842. The van der Waals surface area contributed by atoms with Crippen LogP contribution >= 0.6 is 0 Å². The lowest BCUT2D eigenvalue weighted by Crippen LogP contribution is -2.29. The van der Waals surface area contributed by atoms with Crippen molar-refractivity contribution in [1.82, 2.24) is 10.3 Å². The van der Waals surface area contributed by atoms with Crippen LogP contribution in [0.1, 0.15) is 25.0 Å². The van der Waals surface area contributed by atoms with Crippen molar-refractivity contribution >= 4 is 6.01 Å². The van der Waals surface area contributed by atoms with Gasteiger partial charge in [-0.3, -0.25) is 0 Å². The predicted molar refractivity (Wildman–Crippen MR) is 59.9 cm³/mol. The molecule has 0 amide bonds. The number of hydrogen-bond acceptors (Lipinski definition) is 4. The standard InChI is InChI=1S/C11H19N3O/c1-12-6-10-8-15-11(13-10)14(2)7-9-4-3-5-9/h8-9,12H,3-7H2,1-2H3. The molecule has 0 radical (unpaired) electrons. The van der Waals surface area contributed by atoms with Crippen molar-refractivity contribution in [3.63, 3.8) is 0 Å². The van der Waals surface area contributed by atoms with Crippen molar-refractivity contribution in [3.8, 4) is 0 Å². The maximum absolute atomic E-state index is 5.42. The van der Waals surface area contributed by atoms with Crippen LogP contribution in [0.25, 0.3) is 0 Å². The monoisotopic (exact) mass is 209 g/mol. The Morgan fingerprint density at radius 2 is 2.40 bits per heavy atom. The van der Waals surface area contributed by atoms with Crippen LogP contribution in [0.2, 0.25) is 0 Å². The fourth-order valence-electron chi connectivity index (χ4n) is 1.87. The molecule has 0 unspecified atom stereocenters. The van der Waals surface area contributed by atoms with Crippen molar-refractivity contribution in [2.75, 3.05) is 25.5 Å². The lowest BCUT2D eigenvalue weighted by Gasteiger charge is -2.29. The smallest absolute Gasteiger partial charge is 0.297 e. The maximum Gasteiger partial charge on any atom is 0.297 e. The Bertz CT molecular complexity index is 307. The molecule has 1 N–H and O–H groups in total. The molecule has 0 saturated heterocycles. The van der Waals surface area contributed by atoms with E-state index < -0.39 is 0 Å². The van der Waals surface area contributed by atoms with E-state index in [1.54, 1.807) is 6.26 Å². The summed E-state index contributed by atoms with van der Waals surface area (Å²) in [7, 11) is 3.96. The van der Waals surface area contributed by atoms with Crippen molar-refractivity contribution in [3.05, 3.63) is 12.0 Å². The second-order valence-corrected chi connectivity index (χ2v) is 4.33. The fourth-order valence-corrected chi connectivity index (χ4v) is 1.87. The van der Waals surface area contributed by atoms with Gasteiger partial charge in [-0.25, -0.2) is 0 Å². The molecule has 4 nitrogen and oxygen atoms in total. The average Bonchev–Trinajstić information content (AvgIpc) is 2.60. The molecule has 1 aromatic rings. The van der Waals surface area contributed by atoms with E-state index in [2.05, 4.69) is 15.2 Å². The molecule has 1 saturated carbocycles. The molecule has 1 aliphatic carbocycles. The largest absolute Gasteiger partial charge is 0.432 e.